The Morgan fingerprint density at radius 1 is 0.909 bits per heavy atom. The molecule has 44 heavy (non-hydrogen) atoms. The van der Waals surface area contributed by atoms with Gasteiger partial charge in [-0.3, -0.25) is 14.4 Å². The van der Waals surface area contributed by atoms with E-state index in [2.05, 4.69) is 32.0 Å². The minimum absolute atomic E-state index is 0.0302. The monoisotopic (exact) mass is 609 g/mol. The second-order valence-electron chi connectivity index (χ2n) is 11.1. The van der Waals surface area contributed by atoms with Crippen molar-refractivity contribution in [3.63, 3.8) is 0 Å². The predicted molar refractivity (Wildman–Crippen MR) is 171 cm³/mol. The number of pyridine rings is 3. The summed E-state index contributed by atoms with van der Waals surface area (Å²) in [6.45, 7) is 5.96. The third-order valence-electron chi connectivity index (χ3n) is 7.17. The van der Waals surface area contributed by atoms with Gasteiger partial charge in [0.1, 0.15) is 10.7 Å². The number of anilines is 3. The summed E-state index contributed by atoms with van der Waals surface area (Å²) in [6, 6.07) is 17.7. The van der Waals surface area contributed by atoms with Gasteiger partial charge in [-0.25, -0.2) is 18.4 Å². The van der Waals surface area contributed by atoms with Crippen LogP contribution in [-0.4, -0.2) is 51.0 Å². The van der Waals surface area contributed by atoms with Gasteiger partial charge in [0, 0.05) is 51.6 Å². The number of rotatable bonds is 9. The minimum atomic E-state index is -3.81. The summed E-state index contributed by atoms with van der Waals surface area (Å²) in [6.07, 6.45) is 6.65. The van der Waals surface area contributed by atoms with Crippen molar-refractivity contribution in [1.29, 1.82) is 0 Å². The minimum Gasteiger partial charge on any atom is -0.481 e. The van der Waals surface area contributed by atoms with E-state index in [1.54, 1.807) is 50.5 Å². The topological polar surface area (TPSA) is 144 Å². The average Bonchev–Trinajstić information content (AvgIpc) is 3.40. The molecular formula is C32H31N7O4S. The van der Waals surface area contributed by atoms with E-state index >= 15 is 0 Å². The molecule has 0 radical (unpaired) electrons. The zero-order chi connectivity index (χ0) is 31.1. The Kier molecular flexibility index (Phi) is 7.39. The lowest BCUT2D eigenvalue weighted by Crippen LogP contribution is -2.26. The summed E-state index contributed by atoms with van der Waals surface area (Å²) in [5.41, 5.74) is 4.03. The van der Waals surface area contributed by atoms with Crippen LogP contribution in [0.2, 0.25) is 0 Å². The fourth-order valence-electron chi connectivity index (χ4n) is 5.02. The summed E-state index contributed by atoms with van der Waals surface area (Å²) in [4.78, 5) is 13.3. The molecule has 0 aliphatic rings. The van der Waals surface area contributed by atoms with Gasteiger partial charge in [-0.05, 0) is 74.9 Å². The van der Waals surface area contributed by atoms with E-state index in [0.717, 1.165) is 44.2 Å². The molecule has 11 nitrogen and oxygen atoms in total. The van der Waals surface area contributed by atoms with Crippen LogP contribution in [0.1, 0.15) is 19.4 Å². The highest BCUT2D eigenvalue weighted by molar-refractivity contribution is 7.92. The molecule has 0 fully saturated rings. The number of hydrogen-bond donors (Lipinski definition) is 3. The standard InChI is InChI=1S/C32H31N7O4S/c1-20-25(10-11-28-27(20)18-36-39(28)19-32(2,3)40)31-26-15-29(34-16-21(26)13-14-33-31)37-22-5-7-23(8-6-22)38-44(41,42)24-9-12-30(43-4)35-17-24/h5-18,38,40H,19H2,1-4H3,(H,34,37). The molecule has 2 aromatic carbocycles. The summed E-state index contributed by atoms with van der Waals surface area (Å²) < 4.78 is 34.9. The van der Waals surface area contributed by atoms with Gasteiger partial charge >= 0.3 is 0 Å². The number of aromatic nitrogens is 5. The first kappa shape index (κ1) is 29.0. The quantitative estimate of drug-likeness (QED) is 0.189. The Bertz CT molecular complexity index is 2090. The van der Waals surface area contributed by atoms with Crippen molar-refractivity contribution in [3.8, 4) is 17.1 Å². The average molecular weight is 610 g/mol. The Labute approximate surface area is 254 Å². The first-order chi connectivity index (χ1) is 21.0. The Balaban J connectivity index is 1.25. The maximum absolute atomic E-state index is 12.8. The third kappa shape index (κ3) is 5.90. The molecule has 0 spiro atoms. The molecule has 0 atom stereocenters. The highest BCUT2D eigenvalue weighted by Crippen LogP contribution is 2.34. The van der Waals surface area contributed by atoms with Crippen molar-refractivity contribution in [3.05, 3.63) is 91.0 Å². The maximum Gasteiger partial charge on any atom is 0.263 e. The van der Waals surface area contributed by atoms with Crippen molar-refractivity contribution in [1.82, 2.24) is 24.7 Å². The lowest BCUT2D eigenvalue weighted by atomic mass is 9.98. The van der Waals surface area contributed by atoms with Crippen molar-refractivity contribution in [2.75, 3.05) is 17.1 Å². The number of fused-ring (bicyclic) bond motifs is 2. The molecule has 0 saturated heterocycles. The fourth-order valence-corrected chi connectivity index (χ4v) is 6.02. The normalized spacial score (nSPS) is 12.0. The molecule has 0 saturated carbocycles. The number of sulfonamides is 1. The summed E-state index contributed by atoms with van der Waals surface area (Å²) in [7, 11) is -2.35. The molecule has 3 N–H and O–H groups in total. The second kappa shape index (κ2) is 11.2. The van der Waals surface area contributed by atoms with E-state index in [4.69, 9.17) is 9.72 Å². The van der Waals surface area contributed by atoms with Crippen molar-refractivity contribution < 1.29 is 18.3 Å². The van der Waals surface area contributed by atoms with Crippen LogP contribution < -0.4 is 14.8 Å². The molecule has 0 aliphatic heterocycles. The number of ether oxygens (including phenoxy) is 1. The Hall–Kier alpha value is -5.07. The molecular weight excluding hydrogens is 578 g/mol. The zero-order valence-electron chi connectivity index (χ0n) is 24.6. The van der Waals surface area contributed by atoms with Crippen molar-refractivity contribution in [2.24, 2.45) is 0 Å². The molecule has 224 valence electrons. The number of nitrogens with zero attached hydrogens (tertiary/aromatic N) is 5. The lowest BCUT2D eigenvalue weighted by molar-refractivity contribution is 0.0591. The van der Waals surface area contributed by atoms with Gasteiger partial charge in [-0.2, -0.15) is 5.10 Å². The largest absolute Gasteiger partial charge is 0.481 e. The van der Waals surface area contributed by atoms with E-state index in [-0.39, 0.29) is 4.90 Å². The molecule has 4 aromatic heterocycles. The first-order valence-electron chi connectivity index (χ1n) is 13.8. The molecule has 4 heterocycles. The van der Waals surface area contributed by atoms with Gasteiger partial charge in [0.25, 0.3) is 10.0 Å². The van der Waals surface area contributed by atoms with Gasteiger partial charge in [-0.1, -0.05) is 6.07 Å². The molecule has 0 bridgehead atoms. The van der Waals surface area contributed by atoms with Crippen LogP contribution in [0.3, 0.4) is 0 Å². The number of nitrogens with one attached hydrogen (secondary N) is 2. The number of methoxy groups -OCH3 is 1. The van der Waals surface area contributed by atoms with E-state index in [1.807, 2.05) is 35.1 Å². The molecule has 6 rings (SSSR count). The van der Waals surface area contributed by atoms with Crippen LogP contribution in [0.25, 0.3) is 32.9 Å². The lowest BCUT2D eigenvalue weighted by Gasteiger charge is -2.18. The van der Waals surface area contributed by atoms with Crippen LogP contribution >= 0.6 is 0 Å². The van der Waals surface area contributed by atoms with Crippen LogP contribution in [-0.2, 0) is 16.6 Å². The molecule has 0 aliphatic carbocycles. The van der Waals surface area contributed by atoms with Gasteiger partial charge in [0.2, 0.25) is 5.88 Å². The number of aliphatic hydroxyl groups is 1. The molecule has 0 amide bonds. The van der Waals surface area contributed by atoms with E-state index in [9.17, 15) is 13.5 Å². The predicted octanol–water partition coefficient (Wildman–Crippen LogP) is 5.67. The molecule has 12 heteroatoms. The van der Waals surface area contributed by atoms with Gasteiger partial charge in [-0.15, -0.1) is 0 Å². The van der Waals surface area contributed by atoms with Gasteiger partial charge in [0.15, 0.2) is 0 Å². The SMILES string of the molecule is COc1ccc(S(=O)(=O)Nc2ccc(Nc3cc4c(-c5ccc6c(cnn6CC(C)(C)O)c5C)nccc4cn3)cc2)cn1. The van der Waals surface area contributed by atoms with Crippen LogP contribution in [0.4, 0.5) is 17.2 Å². The highest BCUT2D eigenvalue weighted by atomic mass is 32.2. The second-order valence-corrected chi connectivity index (χ2v) is 12.8. The van der Waals surface area contributed by atoms with Crippen LogP contribution in [0.5, 0.6) is 5.88 Å². The third-order valence-corrected chi connectivity index (χ3v) is 8.54. The van der Waals surface area contributed by atoms with Crippen molar-refractivity contribution in [2.45, 2.75) is 37.8 Å². The van der Waals surface area contributed by atoms with E-state index in [0.29, 0.717) is 23.9 Å². The zero-order valence-corrected chi connectivity index (χ0v) is 25.4. The highest BCUT2D eigenvalue weighted by Gasteiger charge is 2.19. The number of benzene rings is 2. The molecule has 0 unspecified atom stereocenters. The van der Waals surface area contributed by atoms with Gasteiger partial charge < -0.3 is 15.2 Å². The number of hydrogen-bond acceptors (Lipinski definition) is 9. The maximum atomic E-state index is 12.8. The van der Waals surface area contributed by atoms with Crippen LogP contribution in [0.15, 0.2) is 90.3 Å². The summed E-state index contributed by atoms with van der Waals surface area (Å²) >= 11 is 0. The fraction of sp³-hybridized carbons (Fsp3) is 0.188. The van der Waals surface area contributed by atoms with Crippen molar-refractivity contribution >= 4 is 48.9 Å². The number of aryl methyl sites for hydroxylation is 1. The summed E-state index contributed by atoms with van der Waals surface area (Å²) in [5.74, 6) is 0.942. The van der Waals surface area contributed by atoms with Crippen LogP contribution in [0, 0.1) is 6.92 Å². The van der Waals surface area contributed by atoms with E-state index < -0.39 is 15.6 Å². The van der Waals surface area contributed by atoms with Gasteiger partial charge in [0.05, 0.1) is 42.9 Å². The molecule has 6 aromatic rings. The van der Waals surface area contributed by atoms with E-state index in [1.165, 1.54) is 25.4 Å². The first-order valence-corrected chi connectivity index (χ1v) is 15.3. The Morgan fingerprint density at radius 3 is 2.39 bits per heavy atom. The summed E-state index contributed by atoms with van der Waals surface area (Å²) in [5, 5.41) is 21.0. The Morgan fingerprint density at radius 2 is 1.68 bits per heavy atom. The smallest absolute Gasteiger partial charge is 0.263 e.